The molecular formula is C12H15FN2O2S. The van der Waals surface area contributed by atoms with Gasteiger partial charge in [-0.25, -0.2) is 12.8 Å². The SMILES string of the molecule is CC(C)(C)CS(=O)(=O)Nc1cccc(F)c1C#N. The molecule has 0 atom stereocenters. The Morgan fingerprint density at radius 3 is 2.50 bits per heavy atom. The van der Waals surface area contributed by atoms with Crippen LogP contribution in [0.5, 0.6) is 0 Å². The fraction of sp³-hybridized carbons (Fsp3) is 0.417. The third-order valence-electron chi connectivity index (χ3n) is 2.01. The zero-order valence-corrected chi connectivity index (χ0v) is 11.3. The Kier molecular flexibility index (Phi) is 3.97. The van der Waals surface area contributed by atoms with E-state index in [9.17, 15) is 12.8 Å². The quantitative estimate of drug-likeness (QED) is 0.917. The lowest BCUT2D eigenvalue weighted by atomic mass is 10.0. The second-order valence-electron chi connectivity index (χ2n) is 5.20. The maximum absolute atomic E-state index is 13.3. The molecule has 0 amide bonds. The predicted octanol–water partition coefficient (Wildman–Crippen LogP) is 2.49. The smallest absolute Gasteiger partial charge is 0.233 e. The molecule has 0 aliphatic heterocycles. The van der Waals surface area contributed by atoms with Gasteiger partial charge in [0, 0.05) is 0 Å². The molecule has 98 valence electrons. The van der Waals surface area contributed by atoms with Crippen LogP contribution < -0.4 is 4.72 Å². The first-order valence-electron chi connectivity index (χ1n) is 5.34. The van der Waals surface area contributed by atoms with E-state index in [2.05, 4.69) is 4.72 Å². The Morgan fingerprint density at radius 2 is 2.00 bits per heavy atom. The molecular weight excluding hydrogens is 255 g/mol. The number of nitrogens with zero attached hydrogens (tertiary/aromatic N) is 1. The number of anilines is 1. The first-order valence-corrected chi connectivity index (χ1v) is 6.99. The molecule has 4 nitrogen and oxygen atoms in total. The van der Waals surface area contributed by atoms with Crippen molar-refractivity contribution in [3.8, 4) is 6.07 Å². The number of rotatable bonds is 3. The number of benzene rings is 1. The molecule has 1 rings (SSSR count). The summed E-state index contributed by atoms with van der Waals surface area (Å²) in [5.74, 6) is -0.852. The van der Waals surface area contributed by atoms with E-state index in [4.69, 9.17) is 5.26 Å². The summed E-state index contributed by atoms with van der Waals surface area (Å²) in [5, 5.41) is 8.80. The Morgan fingerprint density at radius 1 is 1.39 bits per heavy atom. The third kappa shape index (κ3) is 4.00. The van der Waals surface area contributed by atoms with E-state index >= 15 is 0 Å². The summed E-state index contributed by atoms with van der Waals surface area (Å²) in [6.45, 7) is 5.34. The van der Waals surface area contributed by atoms with E-state index < -0.39 is 21.3 Å². The number of nitrogens with one attached hydrogen (secondary N) is 1. The summed E-state index contributed by atoms with van der Waals surface area (Å²) >= 11 is 0. The second-order valence-corrected chi connectivity index (χ2v) is 6.92. The molecule has 0 saturated heterocycles. The minimum atomic E-state index is -3.61. The number of nitriles is 1. The van der Waals surface area contributed by atoms with Gasteiger partial charge in [0.15, 0.2) is 0 Å². The number of hydrogen-bond acceptors (Lipinski definition) is 3. The van der Waals surface area contributed by atoms with E-state index in [1.54, 1.807) is 26.8 Å². The molecule has 0 bridgehead atoms. The van der Waals surface area contributed by atoms with Gasteiger partial charge in [0.1, 0.15) is 17.4 Å². The first kappa shape index (κ1) is 14.5. The van der Waals surface area contributed by atoms with Crippen molar-refractivity contribution < 1.29 is 12.8 Å². The highest BCUT2D eigenvalue weighted by Gasteiger charge is 2.22. The highest BCUT2D eigenvalue weighted by atomic mass is 32.2. The monoisotopic (exact) mass is 270 g/mol. The van der Waals surface area contributed by atoms with Gasteiger partial charge >= 0.3 is 0 Å². The molecule has 0 radical (unpaired) electrons. The number of sulfonamides is 1. The minimum absolute atomic E-state index is 0.0262. The van der Waals surface area contributed by atoms with Crippen molar-refractivity contribution in [1.82, 2.24) is 0 Å². The molecule has 0 unspecified atom stereocenters. The van der Waals surface area contributed by atoms with E-state index in [0.717, 1.165) is 6.07 Å². The van der Waals surface area contributed by atoms with Crippen LogP contribution in [0.1, 0.15) is 26.3 Å². The van der Waals surface area contributed by atoms with Crippen molar-refractivity contribution in [3.05, 3.63) is 29.6 Å². The van der Waals surface area contributed by atoms with Crippen molar-refractivity contribution in [2.45, 2.75) is 20.8 Å². The molecule has 0 saturated carbocycles. The molecule has 0 fully saturated rings. The van der Waals surface area contributed by atoms with E-state index in [1.165, 1.54) is 12.1 Å². The Balaban J connectivity index is 3.07. The van der Waals surface area contributed by atoms with E-state index in [-0.39, 0.29) is 17.0 Å². The molecule has 1 aromatic carbocycles. The highest BCUT2D eigenvalue weighted by Crippen LogP contribution is 2.22. The van der Waals surface area contributed by atoms with Crippen molar-refractivity contribution in [2.75, 3.05) is 10.5 Å². The van der Waals surface area contributed by atoms with Crippen molar-refractivity contribution >= 4 is 15.7 Å². The van der Waals surface area contributed by atoms with Crippen LogP contribution in [-0.2, 0) is 10.0 Å². The average Bonchev–Trinajstić information content (AvgIpc) is 2.13. The highest BCUT2D eigenvalue weighted by molar-refractivity contribution is 7.92. The van der Waals surface area contributed by atoms with Gasteiger partial charge in [-0.05, 0) is 17.5 Å². The summed E-state index contributed by atoms with van der Waals surface area (Å²) in [6.07, 6.45) is 0. The van der Waals surface area contributed by atoms with Gasteiger partial charge in [-0.15, -0.1) is 0 Å². The van der Waals surface area contributed by atoms with Crippen LogP contribution in [0.4, 0.5) is 10.1 Å². The second kappa shape index (κ2) is 4.94. The van der Waals surface area contributed by atoms with Crippen LogP contribution in [0.3, 0.4) is 0 Å². The van der Waals surface area contributed by atoms with Crippen LogP contribution in [0, 0.1) is 22.6 Å². The van der Waals surface area contributed by atoms with Crippen LogP contribution in [0.2, 0.25) is 0 Å². The summed E-state index contributed by atoms with van der Waals surface area (Å²) in [6, 6.07) is 5.47. The molecule has 0 aliphatic rings. The lowest BCUT2D eigenvalue weighted by molar-refractivity contribution is 0.463. The van der Waals surface area contributed by atoms with Gasteiger partial charge in [-0.3, -0.25) is 4.72 Å². The van der Waals surface area contributed by atoms with Crippen molar-refractivity contribution in [3.63, 3.8) is 0 Å². The van der Waals surface area contributed by atoms with E-state index in [1.807, 2.05) is 0 Å². The number of hydrogen-bond donors (Lipinski definition) is 1. The normalized spacial score (nSPS) is 11.9. The summed E-state index contributed by atoms with van der Waals surface area (Å²) in [5.41, 5.74) is -0.747. The molecule has 0 aromatic heterocycles. The summed E-state index contributed by atoms with van der Waals surface area (Å²) in [7, 11) is -3.61. The number of halogens is 1. The van der Waals surface area contributed by atoms with Gasteiger partial charge in [-0.1, -0.05) is 26.8 Å². The minimum Gasteiger partial charge on any atom is -0.282 e. The Bertz CT molecular complexity index is 583. The van der Waals surface area contributed by atoms with Gasteiger partial charge in [0.2, 0.25) is 10.0 Å². The van der Waals surface area contributed by atoms with Crippen LogP contribution in [0.15, 0.2) is 18.2 Å². The van der Waals surface area contributed by atoms with Crippen LogP contribution in [0.25, 0.3) is 0 Å². The zero-order chi connectivity index (χ0) is 14.0. The molecule has 0 spiro atoms. The molecule has 0 aliphatic carbocycles. The zero-order valence-electron chi connectivity index (χ0n) is 10.5. The molecule has 18 heavy (non-hydrogen) atoms. The van der Waals surface area contributed by atoms with Gasteiger partial charge in [-0.2, -0.15) is 5.26 Å². The topological polar surface area (TPSA) is 70.0 Å². The Labute approximate surface area is 106 Å². The lowest BCUT2D eigenvalue weighted by Gasteiger charge is -2.19. The maximum Gasteiger partial charge on any atom is 0.233 e. The maximum atomic E-state index is 13.3. The van der Waals surface area contributed by atoms with Gasteiger partial charge in [0.05, 0.1) is 11.4 Å². The largest absolute Gasteiger partial charge is 0.282 e. The Hall–Kier alpha value is -1.61. The standard InChI is InChI=1S/C12H15FN2O2S/c1-12(2,3)8-18(16,17)15-11-6-4-5-10(13)9(11)7-14/h4-6,15H,8H2,1-3H3. The fourth-order valence-electron chi connectivity index (χ4n) is 1.50. The van der Waals surface area contributed by atoms with Crippen LogP contribution >= 0.6 is 0 Å². The van der Waals surface area contributed by atoms with Crippen molar-refractivity contribution in [1.29, 1.82) is 5.26 Å². The predicted molar refractivity (Wildman–Crippen MR) is 68.0 cm³/mol. The lowest BCUT2D eigenvalue weighted by Crippen LogP contribution is -2.26. The third-order valence-corrected chi connectivity index (χ3v) is 3.79. The summed E-state index contributed by atoms with van der Waals surface area (Å²) in [4.78, 5) is 0. The molecule has 1 N–H and O–H groups in total. The molecule has 6 heteroatoms. The first-order chi connectivity index (χ1) is 8.14. The molecule has 0 heterocycles. The fourth-order valence-corrected chi connectivity index (χ4v) is 3.21. The van der Waals surface area contributed by atoms with Gasteiger partial charge in [0.25, 0.3) is 0 Å². The summed E-state index contributed by atoms with van der Waals surface area (Å²) < 4.78 is 39.3. The average molecular weight is 270 g/mol. The van der Waals surface area contributed by atoms with E-state index in [0.29, 0.717) is 0 Å². The van der Waals surface area contributed by atoms with Crippen LogP contribution in [-0.4, -0.2) is 14.2 Å². The van der Waals surface area contributed by atoms with Crippen molar-refractivity contribution in [2.24, 2.45) is 5.41 Å². The molecule has 1 aromatic rings. The van der Waals surface area contributed by atoms with Gasteiger partial charge < -0.3 is 0 Å².